The van der Waals surface area contributed by atoms with E-state index in [1.165, 1.54) is 27.9 Å². The molecule has 2 heterocycles. The van der Waals surface area contributed by atoms with E-state index >= 15 is 0 Å². The van der Waals surface area contributed by atoms with Gasteiger partial charge in [0.2, 0.25) is 4.96 Å². The van der Waals surface area contributed by atoms with Gasteiger partial charge in [0.1, 0.15) is 0 Å². The summed E-state index contributed by atoms with van der Waals surface area (Å²) in [7, 11) is 0. The number of hydrogen-bond acceptors (Lipinski definition) is 6. The van der Waals surface area contributed by atoms with Crippen molar-refractivity contribution in [1.82, 2.24) is 14.6 Å². The lowest BCUT2D eigenvalue weighted by atomic mass is 10.2. The minimum absolute atomic E-state index is 0.0314. The molecule has 4 aromatic rings. The van der Waals surface area contributed by atoms with Crippen LogP contribution in [0.5, 0.6) is 0 Å². The van der Waals surface area contributed by atoms with Gasteiger partial charge in [-0.15, -0.1) is 10.2 Å². The summed E-state index contributed by atoms with van der Waals surface area (Å²) in [6.07, 6.45) is 1.61. The molecule has 2 aromatic carbocycles. The van der Waals surface area contributed by atoms with Gasteiger partial charge < -0.3 is 0 Å². The first-order valence-corrected chi connectivity index (χ1v) is 8.62. The maximum absolute atomic E-state index is 12.8. The smallest absolute Gasteiger partial charge is 0.267 e. The standard InChI is InChI=1S/C17H9ClN4O3S/c18-12-6-4-11(5-7-12)15-19-20-17-21(15)16(23)14(26-17)9-10-2-1-3-13(8-10)22(24)25/h1-9H/b14-9+. The summed E-state index contributed by atoms with van der Waals surface area (Å²) in [5.41, 5.74) is 0.989. The Morgan fingerprint density at radius 1 is 1.15 bits per heavy atom. The molecule has 0 N–H and O–H groups in total. The van der Waals surface area contributed by atoms with Gasteiger partial charge in [-0.05, 0) is 35.9 Å². The summed E-state index contributed by atoms with van der Waals surface area (Å²) < 4.78 is 1.85. The lowest BCUT2D eigenvalue weighted by Crippen LogP contribution is -2.23. The molecular weight excluding hydrogens is 376 g/mol. The van der Waals surface area contributed by atoms with Crippen molar-refractivity contribution in [2.45, 2.75) is 0 Å². The lowest BCUT2D eigenvalue weighted by molar-refractivity contribution is -0.384. The molecule has 0 aliphatic carbocycles. The Bertz CT molecular complexity index is 1250. The van der Waals surface area contributed by atoms with Crippen LogP contribution < -0.4 is 10.1 Å². The zero-order valence-electron chi connectivity index (χ0n) is 13.0. The number of halogens is 1. The normalized spacial score (nSPS) is 12.0. The van der Waals surface area contributed by atoms with Gasteiger partial charge in [-0.1, -0.05) is 35.1 Å². The van der Waals surface area contributed by atoms with E-state index in [2.05, 4.69) is 10.2 Å². The molecule has 0 unspecified atom stereocenters. The summed E-state index contributed by atoms with van der Waals surface area (Å²) in [6, 6.07) is 13.1. The number of fused-ring (bicyclic) bond motifs is 1. The predicted octanol–water partition coefficient (Wildman–Crippen LogP) is 2.93. The average molecular weight is 385 g/mol. The zero-order chi connectivity index (χ0) is 18.3. The first-order valence-electron chi connectivity index (χ1n) is 7.43. The second-order valence-corrected chi connectivity index (χ2v) is 6.86. The number of aromatic nitrogens is 3. The monoisotopic (exact) mass is 384 g/mol. The van der Waals surface area contributed by atoms with Gasteiger partial charge in [0.25, 0.3) is 11.2 Å². The van der Waals surface area contributed by atoms with E-state index in [1.54, 1.807) is 42.5 Å². The minimum Gasteiger partial charge on any atom is -0.267 e. The van der Waals surface area contributed by atoms with E-state index in [0.717, 1.165) is 5.56 Å². The molecule has 0 spiro atoms. The van der Waals surface area contributed by atoms with Crippen LogP contribution in [-0.2, 0) is 0 Å². The molecular formula is C17H9ClN4O3S. The fourth-order valence-corrected chi connectivity index (χ4v) is 3.57. The number of nitro groups is 1. The van der Waals surface area contributed by atoms with Gasteiger partial charge in [-0.3, -0.25) is 14.9 Å². The first kappa shape index (κ1) is 16.4. The molecule has 9 heteroatoms. The van der Waals surface area contributed by atoms with Crippen molar-refractivity contribution >= 4 is 39.7 Å². The second kappa shape index (κ2) is 6.32. The third-order valence-corrected chi connectivity index (χ3v) is 4.94. The third kappa shape index (κ3) is 2.85. The quantitative estimate of drug-likeness (QED) is 0.400. The minimum atomic E-state index is -0.473. The Hall–Kier alpha value is -3.10. The Kier molecular flexibility index (Phi) is 3.98. The van der Waals surface area contributed by atoms with Crippen LogP contribution in [0.15, 0.2) is 53.3 Å². The predicted molar refractivity (Wildman–Crippen MR) is 99.5 cm³/mol. The highest BCUT2D eigenvalue weighted by molar-refractivity contribution is 7.15. The molecule has 0 atom stereocenters. The fourth-order valence-electron chi connectivity index (χ4n) is 2.53. The average Bonchev–Trinajstić information content (AvgIpc) is 3.17. The van der Waals surface area contributed by atoms with Crippen molar-refractivity contribution in [1.29, 1.82) is 0 Å². The molecule has 0 fully saturated rings. The van der Waals surface area contributed by atoms with Gasteiger partial charge >= 0.3 is 0 Å². The highest BCUT2D eigenvalue weighted by atomic mass is 35.5. The van der Waals surface area contributed by atoms with Gasteiger partial charge in [0, 0.05) is 22.7 Å². The largest absolute Gasteiger partial charge is 0.276 e. The van der Waals surface area contributed by atoms with Crippen molar-refractivity contribution < 1.29 is 4.92 Å². The van der Waals surface area contributed by atoms with Crippen LogP contribution in [0.4, 0.5) is 5.69 Å². The Morgan fingerprint density at radius 3 is 2.65 bits per heavy atom. The van der Waals surface area contributed by atoms with Crippen LogP contribution in [-0.4, -0.2) is 19.5 Å². The van der Waals surface area contributed by atoms with Crippen molar-refractivity contribution in [2.75, 3.05) is 0 Å². The van der Waals surface area contributed by atoms with Crippen LogP contribution >= 0.6 is 22.9 Å². The molecule has 0 saturated carbocycles. The first-order chi connectivity index (χ1) is 12.5. The third-order valence-electron chi connectivity index (χ3n) is 3.73. The molecule has 0 aliphatic heterocycles. The molecule has 2 aromatic heterocycles. The number of nitro benzene ring substituents is 1. The molecule has 0 bridgehead atoms. The SMILES string of the molecule is O=c1/c(=C\c2cccc([N+](=O)[O-])c2)sc2nnc(-c3ccc(Cl)cc3)n12. The number of non-ortho nitro benzene ring substituents is 1. The van der Waals surface area contributed by atoms with Crippen molar-refractivity contribution in [3.05, 3.63) is 84.1 Å². The molecule has 26 heavy (non-hydrogen) atoms. The highest BCUT2D eigenvalue weighted by Gasteiger charge is 2.14. The van der Waals surface area contributed by atoms with E-state index in [1.807, 2.05) is 0 Å². The summed E-state index contributed by atoms with van der Waals surface area (Å²) in [5, 5.41) is 19.6. The van der Waals surface area contributed by atoms with E-state index in [-0.39, 0.29) is 11.2 Å². The maximum Gasteiger partial charge on any atom is 0.276 e. The summed E-state index contributed by atoms with van der Waals surface area (Å²) >= 11 is 7.07. The summed E-state index contributed by atoms with van der Waals surface area (Å²) in [5.74, 6) is 0.427. The van der Waals surface area contributed by atoms with Crippen LogP contribution in [0.25, 0.3) is 22.4 Å². The van der Waals surface area contributed by atoms with Crippen molar-refractivity contribution in [2.24, 2.45) is 0 Å². The van der Waals surface area contributed by atoms with Crippen LogP contribution in [0.1, 0.15) is 5.56 Å². The van der Waals surface area contributed by atoms with E-state index in [0.29, 0.717) is 25.9 Å². The highest BCUT2D eigenvalue weighted by Crippen LogP contribution is 2.20. The van der Waals surface area contributed by atoms with E-state index in [9.17, 15) is 14.9 Å². The van der Waals surface area contributed by atoms with Crippen LogP contribution in [0.3, 0.4) is 0 Å². The molecule has 0 radical (unpaired) electrons. The molecule has 0 saturated heterocycles. The van der Waals surface area contributed by atoms with Crippen molar-refractivity contribution in [3.63, 3.8) is 0 Å². The van der Waals surface area contributed by atoms with E-state index < -0.39 is 4.92 Å². The van der Waals surface area contributed by atoms with Gasteiger partial charge in [0.15, 0.2) is 5.82 Å². The molecule has 0 amide bonds. The summed E-state index contributed by atoms with van der Waals surface area (Å²) in [6.45, 7) is 0. The molecule has 0 aliphatic rings. The van der Waals surface area contributed by atoms with E-state index in [4.69, 9.17) is 11.6 Å². The van der Waals surface area contributed by atoms with Crippen LogP contribution in [0.2, 0.25) is 5.02 Å². The second-order valence-electron chi connectivity index (χ2n) is 5.42. The van der Waals surface area contributed by atoms with Crippen LogP contribution in [0, 0.1) is 10.1 Å². The molecule has 4 rings (SSSR count). The Balaban J connectivity index is 1.87. The zero-order valence-corrected chi connectivity index (χ0v) is 14.6. The lowest BCUT2D eigenvalue weighted by Gasteiger charge is -1.96. The molecule has 7 nitrogen and oxygen atoms in total. The summed E-state index contributed by atoms with van der Waals surface area (Å²) in [4.78, 5) is 23.7. The number of hydrogen-bond donors (Lipinski definition) is 0. The number of rotatable bonds is 3. The Morgan fingerprint density at radius 2 is 1.92 bits per heavy atom. The topological polar surface area (TPSA) is 90.4 Å². The number of benzene rings is 2. The van der Waals surface area contributed by atoms with Gasteiger partial charge in [-0.2, -0.15) is 0 Å². The fraction of sp³-hybridized carbons (Fsp3) is 0. The van der Waals surface area contributed by atoms with Gasteiger partial charge in [0.05, 0.1) is 9.46 Å². The number of nitrogens with zero attached hydrogens (tertiary/aromatic N) is 4. The Labute approximate surface area is 155 Å². The van der Waals surface area contributed by atoms with Gasteiger partial charge in [-0.25, -0.2) is 4.40 Å². The number of thiazole rings is 1. The molecule has 128 valence electrons. The van der Waals surface area contributed by atoms with Crippen molar-refractivity contribution in [3.8, 4) is 11.4 Å². The maximum atomic E-state index is 12.8.